The van der Waals surface area contributed by atoms with E-state index in [1.54, 1.807) is 17.8 Å². The molecule has 27 heavy (non-hydrogen) atoms. The highest BCUT2D eigenvalue weighted by Crippen LogP contribution is 2.37. The first kappa shape index (κ1) is 19.1. The molecule has 1 amide bonds. The topological polar surface area (TPSA) is 77.5 Å². The van der Waals surface area contributed by atoms with Gasteiger partial charge in [-0.2, -0.15) is 0 Å². The number of ether oxygens (including phenoxy) is 2. The Hall–Kier alpha value is -2.71. The van der Waals surface area contributed by atoms with Crippen LogP contribution in [-0.2, 0) is 4.74 Å². The van der Waals surface area contributed by atoms with Crippen molar-refractivity contribution in [2.75, 3.05) is 18.5 Å². The van der Waals surface area contributed by atoms with Crippen molar-refractivity contribution in [1.29, 1.82) is 0 Å². The maximum absolute atomic E-state index is 12.6. The highest BCUT2D eigenvalue weighted by atomic mass is 32.1. The van der Waals surface area contributed by atoms with E-state index in [9.17, 15) is 9.59 Å². The summed E-state index contributed by atoms with van der Waals surface area (Å²) in [6, 6.07) is 7.45. The lowest BCUT2D eigenvalue weighted by molar-refractivity contribution is 0.0529. The molecule has 0 saturated carbocycles. The molecule has 0 bridgehead atoms. The van der Waals surface area contributed by atoms with Crippen molar-refractivity contribution in [1.82, 2.24) is 4.98 Å². The van der Waals surface area contributed by atoms with Gasteiger partial charge in [0.15, 0.2) is 0 Å². The molecule has 3 aromatic rings. The number of amides is 1. The second-order valence-corrected chi connectivity index (χ2v) is 6.96. The van der Waals surface area contributed by atoms with Gasteiger partial charge in [0, 0.05) is 16.3 Å². The maximum atomic E-state index is 12.6. The predicted molar refractivity (Wildman–Crippen MR) is 107 cm³/mol. The molecule has 0 saturated heterocycles. The number of nitrogens with zero attached hydrogens (tertiary/aromatic N) is 1. The van der Waals surface area contributed by atoms with Crippen LogP contribution < -0.4 is 10.1 Å². The fraction of sp³-hybridized carbons (Fsp3) is 0.211. The quantitative estimate of drug-likeness (QED) is 0.580. The zero-order chi connectivity index (χ0) is 19.2. The van der Waals surface area contributed by atoms with Crippen LogP contribution in [0.2, 0.25) is 0 Å². The van der Waals surface area contributed by atoms with Crippen LogP contribution in [0.3, 0.4) is 0 Å². The fourth-order valence-corrected chi connectivity index (χ4v) is 3.94. The van der Waals surface area contributed by atoms with Gasteiger partial charge >= 0.3 is 5.97 Å². The molecule has 3 rings (SSSR count). The van der Waals surface area contributed by atoms with E-state index in [0.29, 0.717) is 28.4 Å². The number of thiazole rings is 1. The minimum Gasteiger partial charge on any atom is -0.494 e. The Balaban J connectivity index is 1.95. The van der Waals surface area contributed by atoms with Crippen molar-refractivity contribution in [3.05, 3.63) is 51.8 Å². The molecule has 0 aliphatic rings. The van der Waals surface area contributed by atoms with E-state index in [1.165, 1.54) is 22.7 Å². The molecule has 6 nitrogen and oxygen atoms in total. The molecule has 2 aromatic heterocycles. The molecular weight excluding hydrogens is 384 g/mol. The zero-order valence-corrected chi connectivity index (χ0v) is 16.5. The average Bonchev–Trinajstić information content (AvgIpc) is 3.33. The second kappa shape index (κ2) is 8.79. The van der Waals surface area contributed by atoms with Crippen LogP contribution in [0.15, 0.2) is 40.5 Å². The van der Waals surface area contributed by atoms with Crippen LogP contribution in [0.5, 0.6) is 5.75 Å². The molecule has 8 heteroatoms. The van der Waals surface area contributed by atoms with Crippen LogP contribution in [-0.4, -0.2) is 30.1 Å². The molecule has 0 aliphatic carbocycles. The first-order chi connectivity index (χ1) is 13.1. The van der Waals surface area contributed by atoms with Gasteiger partial charge in [-0.25, -0.2) is 9.78 Å². The highest BCUT2D eigenvalue weighted by molar-refractivity contribution is 7.15. The molecule has 1 N–H and O–H groups in total. The summed E-state index contributed by atoms with van der Waals surface area (Å²) in [7, 11) is 0. The van der Waals surface area contributed by atoms with E-state index in [0.717, 1.165) is 11.3 Å². The lowest BCUT2D eigenvalue weighted by Gasteiger charge is -2.09. The van der Waals surface area contributed by atoms with Gasteiger partial charge in [0.25, 0.3) is 5.91 Å². The van der Waals surface area contributed by atoms with Crippen LogP contribution in [0.25, 0.3) is 11.1 Å². The third-order valence-corrected chi connectivity index (χ3v) is 5.12. The van der Waals surface area contributed by atoms with Crippen LogP contribution in [0.1, 0.15) is 34.7 Å². The van der Waals surface area contributed by atoms with Crippen molar-refractivity contribution in [3.63, 3.8) is 0 Å². The Bertz CT molecular complexity index is 918. The standard InChI is InChI=1S/C19H18N2O4S2/c1-3-24-13-7-5-12(6-8-13)14-9-27-18(16(14)19(23)25-4-2)21-17(22)15-10-26-11-20-15/h5-11H,3-4H2,1-2H3,(H,21,22). The molecule has 1 aromatic carbocycles. The summed E-state index contributed by atoms with van der Waals surface area (Å²) in [6.45, 7) is 4.49. The van der Waals surface area contributed by atoms with Gasteiger partial charge in [-0.3, -0.25) is 4.79 Å². The van der Waals surface area contributed by atoms with E-state index in [4.69, 9.17) is 9.47 Å². The maximum Gasteiger partial charge on any atom is 0.341 e. The molecule has 0 radical (unpaired) electrons. The molecule has 140 valence electrons. The van der Waals surface area contributed by atoms with E-state index < -0.39 is 5.97 Å². The summed E-state index contributed by atoms with van der Waals surface area (Å²) >= 11 is 2.61. The number of nitrogens with one attached hydrogen (secondary N) is 1. The summed E-state index contributed by atoms with van der Waals surface area (Å²) in [5, 5.41) is 6.70. The minimum absolute atomic E-state index is 0.247. The lowest BCUT2D eigenvalue weighted by atomic mass is 10.0. The minimum atomic E-state index is -0.476. The third kappa shape index (κ3) is 4.35. The number of hydrogen-bond donors (Lipinski definition) is 1. The average molecular weight is 402 g/mol. The molecular formula is C19H18N2O4S2. The molecule has 2 heterocycles. The van der Waals surface area contributed by atoms with Crippen molar-refractivity contribution in [3.8, 4) is 16.9 Å². The normalized spacial score (nSPS) is 10.4. The summed E-state index contributed by atoms with van der Waals surface area (Å²) in [5.74, 6) is -0.0793. The van der Waals surface area contributed by atoms with E-state index in [1.807, 2.05) is 36.6 Å². The Morgan fingerprint density at radius 2 is 1.89 bits per heavy atom. The van der Waals surface area contributed by atoms with Gasteiger partial charge in [-0.05, 0) is 31.5 Å². The van der Waals surface area contributed by atoms with Crippen LogP contribution >= 0.6 is 22.7 Å². The van der Waals surface area contributed by atoms with E-state index in [2.05, 4.69) is 10.3 Å². The largest absolute Gasteiger partial charge is 0.494 e. The summed E-state index contributed by atoms with van der Waals surface area (Å²) in [5.41, 5.74) is 3.78. The summed E-state index contributed by atoms with van der Waals surface area (Å²) in [6.07, 6.45) is 0. The molecule has 0 unspecified atom stereocenters. The number of benzene rings is 1. The number of aromatic nitrogens is 1. The van der Waals surface area contributed by atoms with Crippen LogP contribution in [0, 0.1) is 0 Å². The first-order valence-corrected chi connectivity index (χ1v) is 10.2. The van der Waals surface area contributed by atoms with Gasteiger partial charge < -0.3 is 14.8 Å². The molecule has 0 fully saturated rings. The summed E-state index contributed by atoms with van der Waals surface area (Å²) < 4.78 is 10.7. The third-order valence-electron chi connectivity index (χ3n) is 3.64. The molecule has 0 aliphatic heterocycles. The Morgan fingerprint density at radius 3 is 2.52 bits per heavy atom. The molecule has 0 atom stereocenters. The van der Waals surface area contributed by atoms with Crippen LogP contribution in [0.4, 0.5) is 5.00 Å². The van der Waals surface area contributed by atoms with Gasteiger partial charge in [0.2, 0.25) is 0 Å². The molecule has 0 spiro atoms. The van der Waals surface area contributed by atoms with E-state index in [-0.39, 0.29) is 12.5 Å². The number of rotatable bonds is 7. The zero-order valence-electron chi connectivity index (χ0n) is 14.9. The Labute approximate surface area is 164 Å². The number of carbonyl (C=O) groups is 2. The number of esters is 1. The number of hydrogen-bond acceptors (Lipinski definition) is 7. The Morgan fingerprint density at radius 1 is 1.11 bits per heavy atom. The van der Waals surface area contributed by atoms with E-state index >= 15 is 0 Å². The summed E-state index contributed by atoms with van der Waals surface area (Å²) in [4.78, 5) is 28.9. The number of thiophene rings is 1. The van der Waals surface area contributed by atoms with Crippen molar-refractivity contribution in [2.24, 2.45) is 0 Å². The first-order valence-electron chi connectivity index (χ1n) is 8.35. The van der Waals surface area contributed by atoms with Gasteiger partial charge in [0.1, 0.15) is 22.0 Å². The SMILES string of the molecule is CCOC(=O)c1c(-c2ccc(OCC)cc2)csc1NC(=O)c1cscn1. The van der Waals surface area contributed by atoms with Gasteiger partial charge in [0.05, 0.1) is 18.7 Å². The monoisotopic (exact) mass is 402 g/mol. The Kier molecular flexibility index (Phi) is 6.20. The smallest absolute Gasteiger partial charge is 0.341 e. The predicted octanol–water partition coefficient (Wildman–Crippen LogP) is 4.70. The van der Waals surface area contributed by atoms with Crippen molar-refractivity contribution >= 4 is 39.6 Å². The second-order valence-electron chi connectivity index (χ2n) is 5.36. The highest BCUT2D eigenvalue weighted by Gasteiger charge is 2.23. The number of carbonyl (C=O) groups excluding carboxylic acids is 2. The van der Waals surface area contributed by atoms with Crippen molar-refractivity contribution in [2.45, 2.75) is 13.8 Å². The number of anilines is 1. The van der Waals surface area contributed by atoms with Crippen molar-refractivity contribution < 1.29 is 19.1 Å². The fourth-order valence-electron chi connectivity index (χ4n) is 2.46. The lowest BCUT2D eigenvalue weighted by Crippen LogP contribution is -2.15. The van der Waals surface area contributed by atoms with Gasteiger partial charge in [-0.15, -0.1) is 22.7 Å². The van der Waals surface area contributed by atoms with Gasteiger partial charge in [-0.1, -0.05) is 12.1 Å².